The Morgan fingerprint density at radius 1 is 1.17 bits per heavy atom. The summed E-state index contributed by atoms with van der Waals surface area (Å²) in [4.78, 5) is 0. The van der Waals surface area contributed by atoms with E-state index < -0.39 is 5.82 Å². The molecule has 4 heteroatoms. The second-order valence-corrected chi connectivity index (χ2v) is 4.44. The molecule has 0 aliphatic rings. The topological polar surface area (TPSA) is 12.0 Å². The van der Waals surface area contributed by atoms with E-state index in [4.69, 9.17) is 11.6 Å². The molecule has 1 N–H and O–H groups in total. The number of benzene rings is 2. The molecule has 0 aromatic heterocycles. The molecule has 0 atom stereocenters. The average Bonchev–Trinajstić information content (AvgIpc) is 2.35. The summed E-state index contributed by atoms with van der Waals surface area (Å²) >= 11 is 5.69. The lowest BCUT2D eigenvalue weighted by atomic mass is 10.2. The van der Waals surface area contributed by atoms with E-state index in [1.54, 1.807) is 31.2 Å². The summed E-state index contributed by atoms with van der Waals surface area (Å²) in [5.41, 5.74) is 1.77. The van der Waals surface area contributed by atoms with Crippen molar-refractivity contribution in [2.24, 2.45) is 0 Å². The van der Waals surface area contributed by atoms with Gasteiger partial charge in [0.05, 0.1) is 5.02 Å². The summed E-state index contributed by atoms with van der Waals surface area (Å²) in [5, 5.41) is 3.13. The van der Waals surface area contributed by atoms with Crippen LogP contribution in [0.1, 0.15) is 11.1 Å². The predicted molar refractivity (Wildman–Crippen MR) is 69.9 cm³/mol. The first kappa shape index (κ1) is 12.8. The van der Waals surface area contributed by atoms with Crippen molar-refractivity contribution in [2.75, 3.05) is 5.32 Å². The Bertz CT molecular complexity index is 570. The zero-order valence-electron chi connectivity index (χ0n) is 9.81. The summed E-state index contributed by atoms with van der Waals surface area (Å²) in [6.45, 7) is 1.98. The molecule has 0 spiro atoms. The number of hydrogen-bond acceptors (Lipinski definition) is 1. The van der Waals surface area contributed by atoms with Crippen molar-refractivity contribution in [1.29, 1.82) is 0 Å². The number of anilines is 1. The lowest BCUT2D eigenvalue weighted by Gasteiger charge is -2.09. The fourth-order valence-corrected chi connectivity index (χ4v) is 1.83. The number of halogens is 3. The molecule has 0 radical (unpaired) electrons. The van der Waals surface area contributed by atoms with Crippen molar-refractivity contribution in [1.82, 2.24) is 0 Å². The smallest absolute Gasteiger partial charge is 0.146 e. The van der Waals surface area contributed by atoms with Crippen LogP contribution >= 0.6 is 11.6 Å². The lowest BCUT2D eigenvalue weighted by Crippen LogP contribution is -2.02. The summed E-state index contributed by atoms with van der Waals surface area (Å²) in [5.74, 6) is -0.681. The molecule has 0 saturated heterocycles. The number of rotatable bonds is 3. The Morgan fingerprint density at radius 3 is 2.67 bits per heavy atom. The van der Waals surface area contributed by atoms with Gasteiger partial charge in [-0.1, -0.05) is 23.7 Å². The summed E-state index contributed by atoms with van der Waals surface area (Å²) in [6, 6.07) is 9.53. The maximum atomic E-state index is 13.6. The first-order chi connectivity index (χ1) is 8.58. The van der Waals surface area contributed by atoms with Crippen molar-refractivity contribution < 1.29 is 8.78 Å². The Balaban J connectivity index is 2.11. The van der Waals surface area contributed by atoms with Crippen LogP contribution in [0.25, 0.3) is 0 Å². The van der Waals surface area contributed by atoms with Crippen LogP contribution in [0.5, 0.6) is 0 Å². The van der Waals surface area contributed by atoms with Gasteiger partial charge in [0.15, 0.2) is 0 Å². The van der Waals surface area contributed by atoms with Crippen LogP contribution in [-0.2, 0) is 6.54 Å². The van der Waals surface area contributed by atoms with Crippen LogP contribution in [-0.4, -0.2) is 0 Å². The van der Waals surface area contributed by atoms with Crippen molar-refractivity contribution in [2.45, 2.75) is 13.5 Å². The minimum atomic E-state index is -0.425. The molecule has 94 valence electrons. The van der Waals surface area contributed by atoms with E-state index in [1.165, 1.54) is 12.1 Å². The highest BCUT2D eigenvalue weighted by molar-refractivity contribution is 6.30. The molecule has 0 amide bonds. The third-order valence-electron chi connectivity index (χ3n) is 2.67. The monoisotopic (exact) mass is 267 g/mol. The van der Waals surface area contributed by atoms with E-state index in [0.29, 0.717) is 17.7 Å². The first-order valence-corrected chi connectivity index (χ1v) is 5.88. The Morgan fingerprint density at radius 2 is 1.94 bits per heavy atom. The predicted octanol–water partition coefficient (Wildman–Crippen LogP) is 4.54. The standard InChI is InChI=1S/C14H12ClF2N/c1-9-7-11(5-6-13(9)16)18-8-10-3-2-4-12(15)14(10)17/h2-7,18H,8H2,1H3. The molecule has 2 aromatic carbocycles. The molecule has 2 rings (SSSR count). The van der Waals surface area contributed by atoms with E-state index in [-0.39, 0.29) is 10.8 Å². The summed E-state index contributed by atoms with van der Waals surface area (Å²) < 4.78 is 26.7. The van der Waals surface area contributed by atoms with Gasteiger partial charge in [0.1, 0.15) is 11.6 Å². The fourth-order valence-electron chi connectivity index (χ4n) is 1.64. The van der Waals surface area contributed by atoms with Gasteiger partial charge in [-0.25, -0.2) is 8.78 Å². The maximum Gasteiger partial charge on any atom is 0.146 e. The Kier molecular flexibility index (Phi) is 3.82. The van der Waals surface area contributed by atoms with Crippen molar-refractivity contribution in [3.05, 3.63) is 64.2 Å². The molecular formula is C14H12ClF2N. The van der Waals surface area contributed by atoms with Crippen molar-refractivity contribution in [3.63, 3.8) is 0 Å². The molecule has 18 heavy (non-hydrogen) atoms. The van der Waals surface area contributed by atoms with Crippen LogP contribution in [0.15, 0.2) is 36.4 Å². The van der Waals surface area contributed by atoms with Crippen LogP contribution in [0.3, 0.4) is 0 Å². The van der Waals surface area contributed by atoms with Crippen LogP contribution in [0.4, 0.5) is 14.5 Å². The third kappa shape index (κ3) is 2.79. The number of hydrogen-bond donors (Lipinski definition) is 1. The first-order valence-electron chi connectivity index (χ1n) is 5.51. The van der Waals surface area contributed by atoms with Gasteiger partial charge in [0, 0.05) is 17.8 Å². The van der Waals surface area contributed by atoms with Crippen LogP contribution in [0.2, 0.25) is 5.02 Å². The Labute approximate surface area is 109 Å². The van der Waals surface area contributed by atoms with Gasteiger partial charge in [0.25, 0.3) is 0 Å². The van der Waals surface area contributed by atoms with Gasteiger partial charge in [-0.2, -0.15) is 0 Å². The molecule has 1 nitrogen and oxygen atoms in total. The van der Waals surface area contributed by atoms with Gasteiger partial charge < -0.3 is 5.32 Å². The molecule has 0 saturated carbocycles. The van der Waals surface area contributed by atoms with E-state index in [1.807, 2.05) is 0 Å². The second-order valence-electron chi connectivity index (χ2n) is 4.03. The van der Waals surface area contributed by atoms with Gasteiger partial charge in [-0.05, 0) is 36.8 Å². The molecule has 0 aliphatic heterocycles. The van der Waals surface area contributed by atoms with Crippen molar-refractivity contribution in [3.8, 4) is 0 Å². The molecular weight excluding hydrogens is 256 g/mol. The largest absolute Gasteiger partial charge is 0.381 e. The number of nitrogens with one attached hydrogen (secondary N) is 1. The van der Waals surface area contributed by atoms with Gasteiger partial charge in [-0.3, -0.25) is 0 Å². The molecule has 0 unspecified atom stereocenters. The van der Waals surface area contributed by atoms with E-state index in [2.05, 4.69) is 5.32 Å². The highest BCUT2D eigenvalue weighted by Crippen LogP contribution is 2.20. The maximum absolute atomic E-state index is 13.6. The van der Waals surface area contributed by atoms with E-state index >= 15 is 0 Å². The molecule has 0 aliphatic carbocycles. The quantitative estimate of drug-likeness (QED) is 0.861. The second kappa shape index (κ2) is 5.36. The van der Waals surface area contributed by atoms with E-state index in [9.17, 15) is 8.78 Å². The fraction of sp³-hybridized carbons (Fsp3) is 0.143. The lowest BCUT2D eigenvalue weighted by molar-refractivity contribution is 0.613. The molecule has 0 heterocycles. The van der Waals surface area contributed by atoms with Crippen molar-refractivity contribution >= 4 is 17.3 Å². The van der Waals surface area contributed by atoms with Gasteiger partial charge >= 0.3 is 0 Å². The minimum Gasteiger partial charge on any atom is -0.381 e. The average molecular weight is 268 g/mol. The number of aryl methyl sites for hydroxylation is 1. The zero-order chi connectivity index (χ0) is 13.1. The van der Waals surface area contributed by atoms with Gasteiger partial charge in [-0.15, -0.1) is 0 Å². The highest BCUT2D eigenvalue weighted by Gasteiger charge is 2.06. The molecule has 0 bridgehead atoms. The zero-order valence-corrected chi connectivity index (χ0v) is 10.6. The SMILES string of the molecule is Cc1cc(NCc2cccc(Cl)c2F)ccc1F. The van der Waals surface area contributed by atoms with E-state index in [0.717, 1.165) is 5.69 Å². The van der Waals surface area contributed by atoms with Gasteiger partial charge in [0.2, 0.25) is 0 Å². The van der Waals surface area contributed by atoms with Crippen LogP contribution < -0.4 is 5.32 Å². The minimum absolute atomic E-state index is 0.101. The van der Waals surface area contributed by atoms with Crippen LogP contribution in [0, 0.1) is 18.6 Å². The summed E-state index contributed by atoms with van der Waals surface area (Å²) in [6.07, 6.45) is 0. The summed E-state index contributed by atoms with van der Waals surface area (Å²) in [7, 11) is 0. The normalized spacial score (nSPS) is 10.4. The Hall–Kier alpha value is -1.61. The highest BCUT2D eigenvalue weighted by atomic mass is 35.5. The molecule has 0 fully saturated rings. The third-order valence-corrected chi connectivity index (χ3v) is 2.96. The molecule has 2 aromatic rings.